The van der Waals surface area contributed by atoms with Crippen LogP contribution in [0.1, 0.15) is 0 Å². The molecule has 40 valence electrons. The van der Waals surface area contributed by atoms with Gasteiger partial charge in [-0.2, -0.15) is 0 Å². The van der Waals surface area contributed by atoms with Gasteiger partial charge in [-0.25, -0.2) is 0 Å². The normalized spacial score (nSPS) is 0. The summed E-state index contributed by atoms with van der Waals surface area (Å²) in [4.78, 5) is 0. The molecular weight excluding hydrogens is 89.1 g/mol. The van der Waals surface area contributed by atoms with Crippen LogP contribution >= 0.6 is 0 Å². The molecule has 7 heteroatoms. The zero-order valence-corrected chi connectivity index (χ0v) is 1.00. The van der Waals surface area contributed by atoms with Gasteiger partial charge in [-0.1, -0.05) is 8.41 Å². The summed E-state index contributed by atoms with van der Waals surface area (Å²) in [7, 11) is 0. The van der Waals surface area contributed by atoms with Crippen LogP contribution in [0.2, 0.25) is 0 Å². The summed E-state index contributed by atoms with van der Waals surface area (Å²) in [6, 6.07) is 0. The fraction of sp³-hybridized carbons (Fsp3) is 0. The summed E-state index contributed by atoms with van der Waals surface area (Å²) < 4.78 is 0. The van der Waals surface area contributed by atoms with Gasteiger partial charge in [0.05, 0.1) is 33.7 Å². The first-order valence-electron chi connectivity index (χ1n) is 0. The fourth-order valence-electron chi connectivity index (χ4n) is 0. The van der Waals surface area contributed by atoms with Crippen LogP contribution in [0.25, 0.3) is 0 Å². The van der Waals surface area contributed by atoms with E-state index in [0.29, 0.717) is 0 Å². The number of hydrogen-bond donors (Lipinski definition) is 0. The van der Waals surface area contributed by atoms with Gasteiger partial charge in [0.15, 0.2) is 0 Å². The maximum absolute atomic E-state index is 0. The molecule has 0 atom stereocenters. The molecule has 0 aliphatic rings. The van der Waals surface area contributed by atoms with Crippen molar-refractivity contribution in [3.8, 4) is 0 Å². The van der Waals surface area contributed by atoms with Crippen LogP contribution in [-0.4, -0.2) is 53.0 Å². The van der Waals surface area contributed by atoms with Gasteiger partial charge in [-0.3, -0.25) is 0 Å². The maximum atomic E-state index is 0. The zero-order chi connectivity index (χ0) is 0. The van der Waals surface area contributed by atoms with Gasteiger partial charge >= 0.3 is 18.9 Å². The van der Waals surface area contributed by atoms with Crippen molar-refractivity contribution in [2.45, 2.75) is 0 Å². The summed E-state index contributed by atoms with van der Waals surface area (Å²) in [6.07, 6.45) is 0. The van der Waals surface area contributed by atoms with Crippen molar-refractivity contribution in [3.05, 3.63) is 0 Å². The van der Waals surface area contributed by atoms with Gasteiger partial charge in [0, 0.05) is 0 Å². The Hall–Kier alpha value is 1.14. The van der Waals surface area contributed by atoms with Crippen molar-refractivity contribution >= 4 is 53.0 Å². The summed E-state index contributed by atoms with van der Waals surface area (Å²) in [5.41, 5.74) is 0. The van der Waals surface area contributed by atoms with E-state index in [4.69, 9.17) is 0 Å². The Labute approximate surface area is 72.1 Å². The van der Waals surface area contributed by atoms with E-state index in [9.17, 15) is 0 Å². The van der Waals surface area contributed by atoms with Gasteiger partial charge in [0.1, 0.15) is 0 Å². The number of hydrogen-bond acceptors (Lipinski definition) is 0. The van der Waals surface area contributed by atoms with E-state index in [1.165, 1.54) is 0 Å². The van der Waals surface area contributed by atoms with E-state index in [0.717, 1.165) is 0 Å². The van der Waals surface area contributed by atoms with Crippen molar-refractivity contribution < 1.29 is 18.9 Å². The Morgan fingerprint density at radius 2 is 0.571 bits per heavy atom. The van der Waals surface area contributed by atoms with E-state index in [1.807, 2.05) is 0 Å². The first kappa shape index (κ1) is 320. The molecule has 0 nitrogen and oxygen atoms in total. The van der Waals surface area contributed by atoms with E-state index in [2.05, 4.69) is 0 Å². The Bertz CT molecular complexity index is 8.04. The molecule has 0 fully saturated rings. The van der Waals surface area contributed by atoms with Crippen molar-refractivity contribution in [1.29, 1.82) is 0 Å². The summed E-state index contributed by atoms with van der Waals surface area (Å²) >= 11 is 0. The Morgan fingerprint density at radius 3 is 0.571 bits per heavy atom. The molecule has 0 rings (SSSR count). The number of rotatable bonds is 0. The maximum Gasteiger partial charge on any atom is 1.00 e. The van der Waals surface area contributed by atoms with E-state index >= 15 is 0 Å². The van der Waals surface area contributed by atoms with Gasteiger partial charge in [0.2, 0.25) is 0 Å². The molecule has 0 saturated heterocycles. The molecule has 0 radical (unpaired) electrons. The predicted octanol–water partition coefficient (Wildman–Crippen LogP) is -10.6. The van der Waals surface area contributed by atoms with Crippen molar-refractivity contribution in [2.24, 2.45) is 0 Å². The van der Waals surface area contributed by atoms with E-state index in [-0.39, 0.29) is 71.9 Å². The molecule has 0 aromatic heterocycles. The van der Waals surface area contributed by atoms with Crippen LogP contribution < -0.4 is 18.9 Å². The largest absolute Gasteiger partial charge is 1.00 e. The van der Waals surface area contributed by atoms with Crippen LogP contribution in [-0.2, 0) is 0 Å². The Balaban J connectivity index is 0. The smallest absolute Gasteiger partial charge is 0.0626 e. The molecular formula is H20B5LiSi. The van der Waals surface area contributed by atoms with Crippen LogP contribution in [0.15, 0.2) is 0 Å². The summed E-state index contributed by atoms with van der Waals surface area (Å²) in [5.74, 6) is 0. The fourth-order valence-corrected chi connectivity index (χ4v) is 0. The zero-order valence-electron chi connectivity index (χ0n) is 1.00. The average Bonchev–Trinajstić information content (AvgIpc) is 0. The summed E-state index contributed by atoms with van der Waals surface area (Å²) in [6.45, 7) is 0. The van der Waals surface area contributed by atoms with Crippen LogP contribution in [0.3, 0.4) is 0 Å². The third-order valence-electron chi connectivity index (χ3n) is 0. The topological polar surface area (TPSA) is 0 Å². The monoisotopic (exact) mass is 110 g/mol. The quantitative estimate of drug-likeness (QED) is 0.271. The minimum atomic E-state index is 0. The molecule has 0 aliphatic heterocycles. The third-order valence-corrected chi connectivity index (χ3v) is 0. The molecule has 0 aliphatic carbocycles. The van der Waals surface area contributed by atoms with Gasteiger partial charge in [-0.05, 0) is 11.0 Å². The molecule has 0 unspecified atom stereocenters. The van der Waals surface area contributed by atoms with Crippen LogP contribution in [0.4, 0.5) is 0 Å². The van der Waals surface area contributed by atoms with Gasteiger partial charge < -0.3 is 0 Å². The molecule has 0 spiro atoms. The van der Waals surface area contributed by atoms with Gasteiger partial charge in [-0.15, -0.1) is 0 Å². The van der Waals surface area contributed by atoms with Crippen molar-refractivity contribution in [2.75, 3.05) is 0 Å². The average molecular weight is 109 g/mol. The second-order valence-corrected chi connectivity index (χ2v) is 0. The second-order valence-electron chi connectivity index (χ2n) is 0. The first-order valence-corrected chi connectivity index (χ1v) is 0. The molecule has 0 heterocycles. The van der Waals surface area contributed by atoms with Crippen LogP contribution in [0, 0.1) is 0 Å². The molecule has 0 saturated carbocycles. The van der Waals surface area contributed by atoms with Gasteiger partial charge in [0.25, 0.3) is 0 Å². The third kappa shape index (κ3) is 145. The molecule has 0 bridgehead atoms. The van der Waals surface area contributed by atoms with E-state index in [1.54, 1.807) is 0 Å². The SMILES string of the molecule is B.B.B.B.[BH4-].[Li+].[SiH4]. The molecule has 0 aromatic rings. The first-order chi connectivity index (χ1) is 0. The summed E-state index contributed by atoms with van der Waals surface area (Å²) in [5, 5.41) is 0. The van der Waals surface area contributed by atoms with Crippen molar-refractivity contribution in [3.63, 3.8) is 0 Å². The Morgan fingerprint density at radius 1 is 0.571 bits per heavy atom. The standard InChI is InChI=1S/BH4.4BH3.Li.H4Si/h1H4;4*1H3;;1H4/q-1;;;;;+1;. The van der Waals surface area contributed by atoms with E-state index < -0.39 is 0 Å². The minimum absolute atomic E-state index is 0. The van der Waals surface area contributed by atoms with Crippen molar-refractivity contribution in [1.82, 2.24) is 0 Å². The molecule has 0 N–H and O–H groups in total. The molecule has 0 amide bonds. The van der Waals surface area contributed by atoms with Crippen LogP contribution in [0.5, 0.6) is 0 Å². The minimum Gasteiger partial charge on any atom is -0.0626 e. The molecule has 0 aromatic carbocycles. The molecule has 7 heavy (non-hydrogen) atoms. The Kier molecular flexibility index (Phi) is 9470. The second kappa shape index (κ2) is 207. The predicted molar refractivity (Wildman–Crippen MR) is 62.4 cm³/mol.